The number of aliphatic hydroxyl groups is 2. The third-order valence-electron chi connectivity index (χ3n) is 10.4. The molecular weight excluding hydrogens is 754 g/mol. The summed E-state index contributed by atoms with van der Waals surface area (Å²) in [6.45, 7) is 0.497. The van der Waals surface area contributed by atoms with Gasteiger partial charge in [0.15, 0.2) is 35.0 Å². The Morgan fingerprint density at radius 2 is 1.72 bits per heavy atom. The van der Waals surface area contributed by atoms with Crippen molar-refractivity contribution in [2.75, 3.05) is 26.2 Å². The number of nitrogens with two attached hydrogens (primary N) is 2. The number of halogens is 2. The van der Waals surface area contributed by atoms with Gasteiger partial charge in [-0.1, -0.05) is 18.9 Å². The van der Waals surface area contributed by atoms with Gasteiger partial charge in [0.2, 0.25) is 11.2 Å². The molecule has 2 aromatic carbocycles. The van der Waals surface area contributed by atoms with Crippen LogP contribution in [0.3, 0.4) is 0 Å². The van der Waals surface area contributed by atoms with Crippen LogP contribution in [0.25, 0.3) is 33.4 Å². The molecule has 57 heavy (non-hydrogen) atoms. The average Bonchev–Trinajstić information content (AvgIpc) is 3.66. The largest absolute Gasteiger partial charge is 0.505 e. The number of nitrogens with one attached hydrogen (secondary N) is 3. The first-order chi connectivity index (χ1) is 27.1. The smallest absolute Gasteiger partial charge is 0.407 e. The topological polar surface area (TPSA) is 288 Å². The number of carbonyl (C=O) groups excluding carboxylic acids is 2. The standard InChI is InChI=1S/C37H38F2N8O10/c38-22-12-20-27(14-25(22)48)57-28-15-26(49)23(39)13-21(28)29(20)18-6-5-17(11-19(18)32(51)52)31(50)42-8-3-1-2-4-9-43-35(53)56-16-24-30-37(46-33(40)45-30)36(54,55)7-10-47(37)34(41)44-24/h5-6,11-15,24,30,48,54-55H,1-4,7-10,16H2,(H2,41,44)(H,42,50)(H,43,53)(H,51,52)(H3,40,45,46)/t24-,30-,37-/m0/s1. The molecule has 1 fully saturated rings. The minimum absolute atomic E-state index is 0.00796. The fraction of sp³-hybridized carbons (Fsp3) is 0.351. The number of guanidine groups is 2. The van der Waals surface area contributed by atoms with Crippen LogP contribution in [-0.4, -0.2) is 105 Å². The SMILES string of the molecule is NC1=N[C@H]2[C@H](COC(=O)NCCCCCCNC(=O)c3ccc(-c4c5cc(F)c(=O)cc-5oc5cc(O)c(F)cc45)c(C(=O)O)c3)N=C(N)N3CCC(O)(O)[C@]23N1. The molecular formula is C37H38F2N8O10. The number of carbonyl (C=O) groups is 3. The molecule has 0 bridgehead atoms. The van der Waals surface area contributed by atoms with E-state index in [1.54, 1.807) is 0 Å². The number of carboxylic acid groups (broad SMARTS) is 1. The average molecular weight is 793 g/mol. The molecule has 0 unspecified atom stereocenters. The Kier molecular flexibility index (Phi) is 10.1. The number of rotatable bonds is 12. The molecule has 20 heteroatoms. The minimum atomic E-state index is -2.22. The monoisotopic (exact) mass is 792 g/mol. The van der Waals surface area contributed by atoms with E-state index in [0.29, 0.717) is 25.7 Å². The van der Waals surface area contributed by atoms with Crippen molar-refractivity contribution in [3.63, 3.8) is 0 Å². The predicted molar refractivity (Wildman–Crippen MR) is 198 cm³/mol. The highest BCUT2D eigenvalue weighted by Crippen LogP contribution is 2.45. The quantitative estimate of drug-likeness (QED) is 0.0556. The van der Waals surface area contributed by atoms with Crippen LogP contribution in [0.1, 0.15) is 52.8 Å². The Labute approximate surface area is 321 Å². The maximum Gasteiger partial charge on any atom is 0.407 e. The number of nitrogens with zero attached hydrogens (tertiary/aromatic N) is 3. The Hall–Kier alpha value is -6.54. The molecule has 1 aliphatic carbocycles. The number of carboxylic acids is 1. The molecule has 1 saturated heterocycles. The summed E-state index contributed by atoms with van der Waals surface area (Å²) in [6, 6.07) is 5.68. The van der Waals surface area contributed by atoms with Gasteiger partial charge in [-0.3, -0.25) is 9.59 Å². The van der Waals surface area contributed by atoms with Gasteiger partial charge in [0.1, 0.15) is 30.0 Å². The fourth-order valence-electron chi connectivity index (χ4n) is 7.64. The van der Waals surface area contributed by atoms with Crippen molar-refractivity contribution >= 4 is 40.9 Å². The number of phenols is 1. The van der Waals surface area contributed by atoms with E-state index < -0.39 is 64.3 Å². The van der Waals surface area contributed by atoms with Crippen LogP contribution in [0.5, 0.6) is 5.75 Å². The van der Waals surface area contributed by atoms with Crippen molar-refractivity contribution in [3.05, 3.63) is 75.4 Å². The molecule has 5 aliphatic rings. The molecule has 18 nitrogen and oxygen atoms in total. The Bertz CT molecular complexity index is 2390. The van der Waals surface area contributed by atoms with Gasteiger partial charge >= 0.3 is 12.1 Å². The van der Waals surface area contributed by atoms with Gasteiger partial charge in [-0.25, -0.2) is 28.4 Å². The number of fused-ring (bicyclic) bond motifs is 2. The van der Waals surface area contributed by atoms with Crippen LogP contribution in [0.2, 0.25) is 0 Å². The first kappa shape index (κ1) is 38.7. The van der Waals surface area contributed by atoms with E-state index in [1.165, 1.54) is 17.0 Å². The lowest BCUT2D eigenvalue weighted by molar-refractivity contribution is -0.221. The van der Waals surface area contributed by atoms with E-state index in [4.69, 9.17) is 20.6 Å². The number of hydrogen-bond donors (Lipinski definition) is 9. The highest BCUT2D eigenvalue weighted by atomic mass is 19.1. The van der Waals surface area contributed by atoms with Crippen LogP contribution in [0.4, 0.5) is 13.6 Å². The highest BCUT2D eigenvalue weighted by molar-refractivity contribution is 6.09. The molecule has 300 valence electrons. The summed E-state index contributed by atoms with van der Waals surface area (Å²) in [5.41, 5.74) is 8.97. The Morgan fingerprint density at radius 1 is 0.982 bits per heavy atom. The van der Waals surface area contributed by atoms with Gasteiger partial charge in [-0.15, -0.1) is 0 Å². The first-order valence-corrected chi connectivity index (χ1v) is 17.9. The fourth-order valence-corrected chi connectivity index (χ4v) is 7.64. The first-order valence-electron chi connectivity index (χ1n) is 17.9. The summed E-state index contributed by atoms with van der Waals surface area (Å²) in [7, 11) is 0. The lowest BCUT2D eigenvalue weighted by Crippen LogP contribution is -2.76. The molecule has 0 saturated carbocycles. The van der Waals surface area contributed by atoms with Crippen LogP contribution < -0.4 is 32.8 Å². The van der Waals surface area contributed by atoms with Crippen molar-refractivity contribution in [3.8, 4) is 28.2 Å². The number of amides is 2. The van der Waals surface area contributed by atoms with Crippen molar-refractivity contribution in [2.45, 2.75) is 55.6 Å². The summed E-state index contributed by atoms with van der Waals surface area (Å²) in [5, 5.41) is 49.8. The number of phenolic OH excluding ortho intramolecular Hbond substituents is 1. The van der Waals surface area contributed by atoms with Crippen LogP contribution in [-0.2, 0) is 4.74 Å². The van der Waals surface area contributed by atoms with E-state index in [-0.39, 0.29) is 89.1 Å². The zero-order valence-electron chi connectivity index (χ0n) is 30.1. The molecule has 1 spiro atoms. The molecule has 11 N–H and O–H groups in total. The molecule has 3 atom stereocenters. The predicted octanol–water partition coefficient (Wildman–Crippen LogP) is 1.33. The van der Waals surface area contributed by atoms with Gasteiger partial charge < -0.3 is 61.9 Å². The second-order valence-corrected chi connectivity index (χ2v) is 13.9. The summed E-state index contributed by atoms with van der Waals surface area (Å²) >= 11 is 0. The molecule has 0 radical (unpaired) electrons. The van der Waals surface area contributed by atoms with Crippen molar-refractivity contribution < 1.29 is 52.7 Å². The lowest BCUT2D eigenvalue weighted by atomic mass is 9.87. The molecule has 4 heterocycles. The normalized spacial score (nSPS) is 20.7. The van der Waals surface area contributed by atoms with E-state index in [9.17, 15) is 48.4 Å². The Balaban J connectivity index is 0.903. The van der Waals surface area contributed by atoms with Gasteiger partial charge in [-0.2, -0.15) is 0 Å². The second-order valence-electron chi connectivity index (χ2n) is 13.9. The molecule has 2 aromatic rings. The number of unbranched alkanes of at least 4 members (excludes halogenated alkanes) is 3. The highest BCUT2D eigenvalue weighted by Gasteiger charge is 2.69. The van der Waals surface area contributed by atoms with Gasteiger partial charge in [-0.05, 0) is 42.7 Å². The van der Waals surface area contributed by atoms with E-state index >= 15 is 0 Å². The second kappa shape index (κ2) is 14.8. The molecule has 7 rings (SSSR count). The number of benzene rings is 3. The minimum Gasteiger partial charge on any atom is -0.505 e. The number of aromatic hydroxyl groups is 1. The van der Waals surface area contributed by atoms with Gasteiger partial charge in [0.05, 0.1) is 5.56 Å². The van der Waals surface area contributed by atoms with Crippen LogP contribution in [0, 0.1) is 11.6 Å². The van der Waals surface area contributed by atoms with E-state index in [2.05, 4.69) is 25.9 Å². The number of alkyl carbamates (subject to hydrolysis) is 1. The van der Waals surface area contributed by atoms with Gasteiger partial charge in [0, 0.05) is 60.3 Å². The van der Waals surface area contributed by atoms with Crippen molar-refractivity contribution in [2.24, 2.45) is 21.5 Å². The summed E-state index contributed by atoms with van der Waals surface area (Å²) in [4.78, 5) is 60.1. The van der Waals surface area contributed by atoms with Crippen LogP contribution in [0.15, 0.2) is 61.7 Å². The molecule has 4 aliphatic heterocycles. The number of aromatic carboxylic acids is 1. The number of aliphatic imine (C=N–C) groups is 2. The zero-order valence-corrected chi connectivity index (χ0v) is 30.1. The molecule has 2 amide bonds. The third kappa shape index (κ3) is 6.97. The zero-order chi connectivity index (χ0) is 40.8. The number of ether oxygens (including phenoxy) is 1. The van der Waals surface area contributed by atoms with E-state index in [1.807, 2.05) is 0 Å². The Morgan fingerprint density at radius 3 is 2.46 bits per heavy atom. The number of hydrogen-bond acceptors (Lipinski definition) is 15. The van der Waals surface area contributed by atoms with E-state index in [0.717, 1.165) is 30.3 Å². The van der Waals surface area contributed by atoms with Crippen molar-refractivity contribution in [1.82, 2.24) is 20.9 Å². The maximum absolute atomic E-state index is 14.5. The van der Waals surface area contributed by atoms with Gasteiger partial charge in [0.25, 0.3) is 5.91 Å². The summed E-state index contributed by atoms with van der Waals surface area (Å²) < 4.78 is 40.0. The summed E-state index contributed by atoms with van der Waals surface area (Å²) in [5.74, 6) is -7.30. The third-order valence-corrected chi connectivity index (χ3v) is 10.4. The summed E-state index contributed by atoms with van der Waals surface area (Å²) in [6.07, 6.45) is 1.76. The van der Waals surface area contributed by atoms with Crippen molar-refractivity contribution in [1.29, 1.82) is 0 Å². The lowest BCUT2D eigenvalue weighted by Gasteiger charge is -2.48. The van der Waals surface area contributed by atoms with Crippen LogP contribution >= 0.6 is 0 Å². The maximum atomic E-state index is 14.5. The molecule has 0 aromatic heterocycles.